The lowest BCUT2D eigenvalue weighted by molar-refractivity contribution is 0.245. The van der Waals surface area contributed by atoms with Crippen molar-refractivity contribution in [2.24, 2.45) is 4.99 Å². The molecule has 21 heavy (non-hydrogen) atoms. The SMILES string of the molecule is CN=C(NCC1CCCN1Cc1ccccc1)NC(C)C. The summed E-state index contributed by atoms with van der Waals surface area (Å²) in [6, 6.07) is 11.7. The maximum absolute atomic E-state index is 4.27. The normalized spacial score (nSPS) is 20.0. The molecule has 2 rings (SSSR count). The van der Waals surface area contributed by atoms with Crippen LogP contribution in [-0.4, -0.2) is 43.1 Å². The van der Waals surface area contributed by atoms with Gasteiger partial charge >= 0.3 is 0 Å². The molecule has 4 heteroatoms. The second-order valence-corrected chi connectivity index (χ2v) is 6.00. The van der Waals surface area contributed by atoms with Crippen LogP contribution in [0.25, 0.3) is 0 Å². The van der Waals surface area contributed by atoms with Crippen LogP contribution in [0.5, 0.6) is 0 Å². The Morgan fingerprint density at radius 1 is 1.33 bits per heavy atom. The Bertz CT molecular complexity index is 441. The first-order valence-corrected chi connectivity index (χ1v) is 7.94. The van der Waals surface area contributed by atoms with E-state index in [9.17, 15) is 0 Å². The zero-order chi connectivity index (χ0) is 15.1. The topological polar surface area (TPSA) is 39.7 Å². The Kier molecular flexibility index (Phi) is 6.05. The molecule has 1 aromatic carbocycles. The Hall–Kier alpha value is -1.55. The summed E-state index contributed by atoms with van der Waals surface area (Å²) in [6.45, 7) is 7.45. The zero-order valence-electron chi connectivity index (χ0n) is 13.5. The summed E-state index contributed by atoms with van der Waals surface area (Å²) >= 11 is 0. The summed E-state index contributed by atoms with van der Waals surface area (Å²) in [4.78, 5) is 6.85. The Morgan fingerprint density at radius 2 is 2.10 bits per heavy atom. The molecular weight excluding hydrogens is 260 g/mol. The molecule has 0 aliphatic carbocycles. The van der Waals surface area contributed by atoms with Gasteiger partial charge in [-0.2, -0.15) is 0 Å². The third kappa shape index (κ3) is 5.05. The first-order chi connectivity index (χ1) is 10.2. The molecule has 1 unspecified atom stereocenters. The number of nitrogens with one attached hydrogen (secondary N) is 2. The third-order valence-corrected chi connectivity index (χ3v) is 3.88. The lowest BCUT2D eigenvalue weighted by atomic mass is 10.2. The molecule has 0 aromatic heterocycles. The highest BCUT2D eigenvalue weighted by molar-refractivity contribution is 5.79. The van der Waals surface area contributed by atoms with Gasteiger partial charge in [0.05, 0.1) is 0 Å². The molecule has 4 nitrogen and oxygen atoms in total. The van der Waals surface area contributed by atoms with Gasteiger partial charge in [0, 0.05) is 32.2 Å². The van der Waals surface area contributed by atoms with Gasteiger partial charge in [0.15, 0.2) is 5.96 Å². The van der Waals surface area contributed by atoms with Crippen LogP contribution < -0.4 is 10.6 Å². The van der Waals surface area contributed by atoms with Crippen LogP contribution >= 0.6 is 0 Å². The molecule has 0 amide bonds. The van der Waals surface area contributed by atoms with Crippen LogP contribution in [0, 0.1) is 0 Å². The summed E-state index contributed by atoms with van der Waals surface area (Å²) in [6.07, 6.45) is 2.55. The van der Waals surface area contributed by atoms with E-state index in [1.54, 1.807) is 0 Å². The van der Waals surface area contributed by atoms with Crippen molar-refractivity contribution in [2.75, 3.05) is 20.1 Å². The van der Waals surface area contributed by atoms with Crippen molar-refractivity contribution in [3.8, 4) is 0 Å². The van der Waals surface area contributed by atoms with Crippen molar-refractivity contribution in [1.29, 1.82) is 0 Å². The van der Waals surface area contributed by atoms with Gasteiger partial charge in [-0.15, -0.1) is 0 Å². The van der Waals surface area contributed by atoms with Gasteiger partial charge in [0.25, 0.3) is 0 Å². The molecule has 1 aliphatic heterocycles. The van der Waals surface area contributed by atoms with Gasteiger partial charge in [0.1, 0.15) is 0 Å². The second kappa shape index (κ2) is 8.03. The van der Waals surface area contributed by atoms with Crippen molar-refractivity contribution < 1.29 is 0 Å². The molecule has 0 bridgehead atoms. The van der Waals surface area contributed by atoms with E-state index < -0.39 is 0 Å². The number of hydrogen-bond acceptors (Lipinski definition) is 2. The minimum Gasteiger partial charge on any atom is -0.355 e. The van der Waals surface area contributed by atoms with E-state index in [1.165, 1.54) is 24.9 Å². The number of guanidine groups is 1. The van der Waals surface area contributed by atoms with E-state index in [4.69, 9.17) is 0 Å². The molecule has 2 N–H and O–H groups in total. The minimum atomic E-state index is 0.403. The summed E-state index contributed by atoms with van der Waals surface area (Å²) in [5, 5.41) is 6.79. The highest BCUT2D eigenvalue weighted by Gasteiger charge is 2.24. The molecule has 1 aromatic rings. The fraction of sp³-hybridized carbons (Fsp3) is 0.588. The van der Waals surface area contributed by atoms with Gasteiger partial charge in [0.2, 0.25) is 0 Å². The smallest absolute Gasteiger partial charge is 0.191 e. The van der Waals surface area contributed by atoms with Crippen molar-refractivity contribution in [1.82, 2.24) is 15.5 Å². The zero-order valence-corrected chi connectivity index (χ0v) is 13.5. The Morgan fingerprint density at radius 3 is 2.76 bits per heavy atom. The van der Waals surface area contributed by atoms with Crippen LogP contribution in [0.15, 0.2) is 35.3 Å². The van der Waals surface area contributed by atoms with Crippen LogP contribution in [0.1, 0.15) is 32.3 Å². The summed E-state index contributed by atoms with van der Waals surface area (Å²) in [5.41, 5.74) is 1.40. The van der Waals surface area contributed by atoms with Crippen molar-refractivity contribution >= 4 is 5.96 Å². The Balaban J connectivity index is 1.84. The van der Waals surface area contributed by atoms with E-state index in [2.05, 4.69) is 64.7 Å². The van der Waals surface area contributed by atoms with Gasteiger partial charge in [-0.05, 0) is 38.8 Å². The molecule has 0 spiro atoms. The summed E-state index contributed by atoms with van der Waals surface area (Å²) in [7, 11) is 1.83. The molecule has 1 fully saturated rings. The number of nitrogens with zero attached hydrogens (tertiary/aromatic N) is 2. The maximum atomic E-state index is 4.27. The van der Waals surface area contributed by atoms with Crippen LogP contribution in [-0.2, 0) is 6.54 Å². The molecule has 116 valence electrons. The first-order valence-electron chi connectivity index (χ1n) is 7.94. The van der Waals surface area contributed by atoms with Crippen molar-refractivity contribution in [2.45, 2.75) is 45.3 Å². The van der Waals surface area contributed by atoms with Gasteiger partial charge in [-0.3, -0.25) is 9.89 Å². The summed E-state index contributed by atoms with van der Waals surface area (Å²) in [5.74, 6) is 0.900. The van der Waals surface area contributed by atoms with Crippen molar-refractivity contribution in [3.05, 3.63) is 35.9 Å². The van der Waals surface area contributed by atoms with E-state index in [1.807, 2.05) is 7.05 Å². The number of benzene rings is 1. The fourth-order valence-corrected chi connectivity index (χ4v) is 2.83. The van der Waals surface area contributed by atoms with E-state index in [0.717, 1.165) is 19.0 Å². The second-order valence-electron chi connectivity index (χ2n) is 6.00. The average Bonchev–Trinajstić information content (AvgIpc) is 2.91. The Labute approximate surface area is 128 Å². The molecule has 0 saturated carbocycles. The van der Waals surface area contributed by atoms with Crippen LogP contribution in [0.4, 0.5) is 0 Å². The fourth-order valence-electron chi connectivity index (χ4n) is 2.83. The van der Waals surface area contributed by atoms with Crippen molar-refractivity contribution in [3.63, 3.8) is 0 Å². The lowest BCUT2D eigenvalue weighted by Gasteiger charge is -2.26. The highest BCUT2D eigenvalue weighted by Crippen LogP contribution is 2.19. The van der Waals surface area contributed by atoms with Gasteiger partial charge in [-0.25, -0.2) is 0 Å². The molecule has 0 radical (unpaired) electrons. The van der Waals surface area contributed by atoms with E-state index in [0.29, 0.717) is 12.1 Å². The largest absolute Gasteiger partial charge is 0.355 e. The molecular formula is C17H28N4. The molecule has 1 atom stereocenters. The third-order valence-electron chi connectivity index (χ3n) is 3.88. The summed E-state index contributed by atoms with van der Waals surface area (Å²) < 4.78 is 0. The molecule has 1 aliphatic rings. The number of rotatable bonds is 5. The predicted octanol–water partition coefficient (Wildman–Crippen LogP) is 2.22. The minimum absolute atomic E-state index is 0.403. The highest BCUT2D eigenvalue weighted by atomic mass is 15.2. The number of hydrogen-bond donors (Lipinski definition) is 2. The lowest BCUT2D eigenvalue weighted by Crippen LogP contribution is -2.46. The standard InChI is InChI=1S/C17H28N4/c1-14(2)20-17(18-3)19-12-16-10-7-11-21(16)13-15-8-5-4-6-9-15/h4-6,8-9,14,16H,7,10-13H2,1-3H3,(H2,18,19,20). The molecule has 1 saturated heterocycles. The van der Waals surface area contributed by atoms with Crippen LogP contribution in [0.3, 0.4) is 0 Å². The van der Waals surface area contributed by atoms with Gasteiger partial charge in [-0.1, -0.05) is 30.3 Å². The quantitative estimate of drug-likeness (QED) is 0.645. The first kappa shape index (κ1) is 15.8. The predicted molar refractivity (Wildman–Crippen MR) is 89.5 cm³/mol. The average molecular weight is 288 g/mol. The maximum Gasteiger partial charge on any atom is 0.191 e. The van der Waals surface area contributed by atoms with E-state index in [-0.39, 0.29) is 0 Å². The monoisotopic (exact) mass is 288 g/mol. The molecule has 1 heterocycles. The van der Waals surface area contributed by atoms with E-state index >= 15 is 0 Å². The number of aliphatic imine (C=N–C) groups is 1. The van der Waals surface area contributed by atoms with Crippen LogP contribution in [0.2, 0.25) is 0 Å². The number of likely N-dealkylation sites (tertiary alicyclic amines) is 1. The van der Waals surface area contributed by atoms with Gasteiger partial charge < -0.3 is 10.6 Å².